The summed E-state index contributed by atoms with van der Waals surface area (Å²) in [4.78, 5) is 52.3. The first kappa shape index (κ1) is 34.3. The average molecular weight is 591 g/mol. The second-order valence-electron chi connectivity index (χ2n) is 9.74. The Morgan fingerprint density at radius 1 is 0.907 bits per heavy atom. The van der Waals surface area contributed by atoms with E-state index in [1.54, 1.807) is 12.1 Å². The molecule has 3 aromatic rings. The number of rotatable bonds is 13. The largest absolute Gasteiger partial charge is 0.481 e. The Morgan fingerprint density at radius 2 is 1.56 bits per heavy atom. The number of carbonyl (C=O) groups excluding carboxylic acids is 3. The zero-order valence-electron chi connectivity index (χ0n) is 25.1. The molecule has 230 valence electrons. The van der Waals surface area contributed by atoms with Gasteiger partial charge in [-0.3, -0.25) is 24.2 Å². The zero-order chi connectivity index (χ0) is 31.9. The lowest BCUT2D eigenvalue weighted by atomic mass is 9.94. The van der Waals surface area contributed by atoms with Crippen LogP contribution in [0.2, 0.25) is 0 Å². The Balaban J connectivity index is 0.00000316. The number of carboxylic acids is 1. The van der Waals surface area contributed by atoms with E-state index < -0.39 is 42.3 Å². The Hall–Kier alpha value is -4.93. The molecule has 0 aliphatic carbocycles. The maximum absolute atomic E-state index is 12.7. The molecule has 3 amide bonds. The number of aliphatic carboxylic acids is 1. The summed E-state index contributed by atoms with van der Waals surface area (Å²) in [5, 5.41) is 19.5. The number of carbonyl (C=O) groups is 4. The van der Waals surface area contributed by atoms with Crippen LogP contribution in [0.1, 0.15) is 57.2 Å². The lowest BCUT2D eigenvalue weighted by molar-refractivity contribution is -0.138. The number of guanidine groups is 1. The van der Waals surface area contributed by atoms with Crippen molar-refractivity contribution < 1.29 is 24.3 Å². The van der Waals surface area contributed by atoms with Gasteiger partial charge in [-0.2, -0.15) is 0 Å². The molecule has 8 N–H and O–H groups in total. The number of hydrogen-bond donors (Lipinski definition) is 6. The fourth-order valence-electron chi connectivity index (χ4n) is 4.58. The highest BCUT2D eigenvalue weighted by molar-refractivity contribution is 5.98. The Bertz CT molecular complexity index is 1430. The maximum Gasteiger partial charge on any atom is 0.305 e. The van der Waals surface area contributed by atoms with Crippen LogP contribution in [0, 0.1) is 6.92 Å². The number of nitrogens with two attached hydrogens (primary N) is 2. The number of amides is 3. The second-order valence-corrected chi connectivity index (χ2v) is 9.74. The van der Waals surface area contributed by atoms with Gasteiger partial charge in [0.2, 0.25) is 17.7 Å². The summed E-state index contributed by atoms with van der Waals surface area (Å²) >= 11 is 0. The van der Waals surface area contributed by atoms with Gasteiger partial charge in [0.25, 0.3) is 0 Å². The second kappa shape index (κ2) is 17.1. The monoisotopic (exact) mass is 590 g/mol. The molecule has 0 aliphatic rings. The highest BCUT2D eigenvalue weighted by atomic mass is 16.4. The van der Waals surface area contributed by atoms with Gasteiger partial charge in [-0.05, 0) is 52.8 Å². The minimum Gasteiger partial charge on any atom is -0.481 e. The molecule has 11 nitrogen and oxygen atoms in total. The van der Waals surface area contributed by atoms with Crippen molar-refractivity contribution in [1.82, 2.24) is 16.0 Å². The summed E-state index contributed by atoms with van der Waals surface area (Å²) < 4.78 is 0. The van der Waals surface area contributed by atoms with Crippen molar-refractivity contribution in [3.05, 3.63) is 71.8 Å². The van der Waals surface area contributed by atoms with Gasteiger partial charge in [0, 0.05) is 13.5 Å². The number of nitrogens with zero attached hydrogens (tertiary/aromatic N) is 1. The number of hydrogen-bond acceptors (Lipinski definition) is 5. The van der Waals surface area contributed by atoms with Gasteiger partial charge in [0.05, 0.1) is 19.0 Å². The Labute approximate surface area is 252 Å². The van der Waals surface area contributed by atoms with E-state index in [9.17, 15) is 24.3 Å². The fraction of sp³-hybridized carbons (Fsp3) is 0.344. The number of nitrogens with one attached hydrogen (secondary N) is 3. The van der Waals surface area contributed by atoms with Crippen LogP contribution in [0.4, 0.5) is 0 Å². The van der Waals surface area contributed by atoms with E-state index in [4.69, 9.17) is 11.5 Å². The van der Waals surface area contributed by atoms with E-state index in [2.05, 4.69) is 52.1 Å². The molecule has 0 aromatic heterocycles. The minimum atomic E-state index is -1.08. The van der Waals surface area contributed by atoms with Gasteiger partial charge >= 0.3 is 5.97 Å². The van der Waals surface area contributed by atoms with Gasteiger partial charge in [0.1, 0.15) is 6.04 Å². The molecule has 0 heterocycles. The minimum absolute atomic E-state index is 0.0728. The Kier molecular flexibility index (Phi) is 13.6. The first-order chi connectivity index (χ1) is 20.5. The molecular formula is C32H42N6O5. The van der Waals surface area contributed by atoms with Crippen LogP contribution < -0.4 is 27.4 Å². The summed E-state index contributed by atoms with van der Waals surface area (Å²) in [6.45, 7) is 7.23. The molecule has 0 bridgehead atoms. The van der Waals surface area contributed by atoms with Crippen molar-refractivity contribution in [3.8, 4) is 11.1 Å². The third-order valence-electron chi connectivity index (χ3n) is 6.54. The van der Waals surface area contributed by atoms with Crippen LogP contribution in [0.15, 0.2) is 65.7 Å². The number of carboxylic acid groups (broad SMARTS) is 1. The number of benzene rings is 3. The predicted octanol–water partition coefficient (Wildman–Crippen LogP) is 3.15. The molecule has 0 spiro atoms. The summed E-state index contributed by atoms with van der Waals surface area (Å²) in [7, 11) is 0. The van der Waals surface area contributed by atoms with Crippen LogP contribution in [0.3, 0.4) is 0 Å². The smallest absolute Gasteiger partial charge is 0.305 e. The molecule has 11 heteroatoms. The summed E-state index contributed by atoms with van der Waals surface area (Å²) in [6, 6.07) is 17.9. The SMILES string of the molecule is CC.CC(=O)NC(CCCN=C(N)N)C(=O)NCC(=O)NC(CC(=O)O)c1ccc(-c2ccc(C)c3ccccc23)cc1. The summed E-state index contributed by atoms with van der Waals surface area (Å²) in [6.07, 6.45) is 0.345. The summed E-state index contributed by atoms with van der Waals surface area (Å²) in [5.74, 6) is -2.68. The normalized spacial score (nSPS) is 11.7. The number of fused-ring (bicyclic) bond motifs is 1. The van der Waals surface area contributed by atoms with Gasteiger partial charge in [0.15, 0.2) is 5.96 Å². The molecular weight excluding hydrogens is 548 g/mol. The number of aryl methyl sites for hydroxylation is 1. The van der Waals surface area contributed by atoms with Crippen LogP contribution in [0.5, 0.6) is 0 Å². The van der Waals surface area contributed by atoms with E-state index in [-0.39, 0.29) is 25.3 Å². The average Bonchev–Trinajstić information content (AvgIpc) is 2.98. The van der Waals surface area contributed by atoms with E-state index in [0.717, 1.165) is 21.9 Å². The first-order valence-electron chi connectivity index (χ1n) is 14.2. The van der Waals surface area contributed by atoms with Crippen molar-refractivity contribution in [1.29, 1.82) is 0 Å². The maximum atomic E-state index is 12.7. The molecule has 3 aromatic carbocycles. The zero-order valence-corrected chi connectivity index (χ0v) is 25.1. The third-order valence-corrected chi connectivity index (χ3v) is 6.54. The van der Waals surface area contributed by atoms with E-state index in [1.165, 1.54) is 12.5 Å². The van der Waals surface area contributed by atoms with Gasteiger partial charge < -0.3 is 32.5 Å². The van der Waals surface area contributed by atoms with Crippen LogP contribution in [-0.2, 0) is 19.2 Å². The van der Waals surface area contributed by atoms with E-state index in [0.29, 0.717) is 12.0 Å². The number of aliphatic imine (C=N–C) groups is 1. The molecule has 2 unspecified atom stereocenters. The molecule has 43 heavy (non-hydrogen) atoms. The highest BCUT2D eigenvalue weighted by Gasteiger charge is 2.22. The van der Waals surface area contributed by atoms with Crippen LogP contribution in [-0.4, -0.2) is 53.9 Å². The third kappa shape index (κ3) is 10.8. The fourth-order valence-corrected chi connectivity index (χ4v) is 4.58. The van der Waals surface area contributed by atoms with E-state index in [1.807, 2.05) is 38.1 Å². The summed E-state index contributed by atoms with van der Waals surface area (Å²) in [5.41, 5.74) is 14.4. The van der Waals surface area contributed by atoms with E-state index >= 15 is 0 Å². The standard InChI is InChI=1S/C30H36N6O5.C2H6/c1-18-9-14-23(24-7-4-3-6-22(18)24)20-10-12-21(13-11-20)26(16-28(39)40)36-27(38)17-34-29(41)25(35-19(2)37)8-5-15-33-30(31)32;1-2/h3-4,6-7,9-14,25-26H,5,8,15-17H2,1-2H3,(H,34,41)(H,35,37)(H,36,38)(H,39,40)(H4,31,32,33);1-2H3. The molecule has 0 saturated heterocycles. The van der Waals surface area contributed by atoms with Crippen molar-refractivity contribution in [2.75, 3.05) is 13.1 Å². The van der Waals surface area contributed by atoms with Crippen molar-refractivity contribution in [2.24, 2.45) is 16.5 Å². The van der Waals surface area contributed by atoms with Gasteiger partial charge in [-0.15, -0.1) is 0 Å². The topological polar surface area (TPSA) is 189 Å². The van der Waals surface area contributed by atoms with Crippen molar-refractivity contribution >= 4 is 40.4 Å². The van der Waals surface area contributed by atoms with Crippen LogP contribution in [0.25, 0.3) is 21.9 Å². The Morgan fingerprint density at radius 3 is 2.16 bits per heavy atom. The molecule has 0 saturated carbocycles. The van der Waals surface area contributed by atoms with Crippen LogP contribution >= 0.6 is 0 Å². The predicted molar refractivity (Wildman–Crippen MR) is 169 cm³/mol. The van der Waals surface area contributed by atoms with Gasteiger partial charge in [-0.1, -0.05) is 74.5 Å². The first-order valence-corrected chi connectivity index (χ1v) is 14.2. The molecule has 0 aliphatic heterocycles. The van der Waals surface area contributed by atoms with Gasteiger partial charge in [-0.25, -0.2) is 0 Å². The van der Waals surface area contributed by atoms with Crippen molar-refractivity contribution in [2.45, 2.75) is 59.0 Å². The molecule has 0 radical (unpaired) electrons. The molecule has 0 fully saturated rings. The molecule has 3 rings (SSSR count). The highest BCUT2D eigenvalue weighted by Crippen LogP contribution is 2.31. The lowest BCUT2D eigenvalue weighted by Crippen LogP contribution is -2.49. The van der Waals surface area contributed by atoms with Crippen molar-refractivity contribution in [3.63, 3.8) is 0 Å². The quantitative estimate of drug-likeness (QED) is 0.100. The molecule has 2 atom stereocenters. The lowest BCUT2D eigenvalue weighted by Gasteiger charge is -2.20.